The van der Waals surface area contributed by atoms with Crippen LogP contribution in [-0.4, -0.2) is 39.6 Å². The number of ether oxygens (including phenoxy) is 1. The summed E-state index contributed by atoms with van der Waals surface area (Å²) in [5, 5.41) is 5.79. The largest absolute Gasteiger partial charge is 0.441 e. The minimum atomic E-state index is -0.577. The van der Waals surface area contributed by atoms with Crippen LogP contribution in [0.3, 0.4) is 0 Å². The number of hydrogen-bond donors (Lipinski definition) is 1. The van der Waals surface area contributed by atoms with E-state index in [0.29, 0.717) is 5.69 Å². The molecule has 1 aromatic heterocycles. The molecule has 2 aromatic rings. The third-order valence-corrected chi connectivity index (χ3v) is 6.66. The molecule has 2 fully saturated rings. The van der Waals surface area contributed by atoms with E-state index in [0.717, 1.165) is 36.3 Å². The van der Waals surface area contributed by atoms with Gasteiger partial charge in [-0.3, -0.25) is 9.69 Å². The van der Waals surface area contributed by atoms with Gasteiger partial charge in [0.05, 0.1) is 11.0 Å². The molecular weight excluding hydrogens is 386 g/mol. The molecule has 4 rings (SSSR count). The van der Waals surface area contributed by atoms with E-state index in [9.17, 15) is 9.59 Å². The number of nitrogens with one attached hydrogen (secondary N) is 1. The Morgan fingerprint density at radius 1 is 1.21 bits per heavy atom. The van der Waals surface area contributed by atoms with Crippen LogP contribution < -0.4 is 5.32 Å². The molecule has 1 aliphatic carbocycles. The Labute approximate surface area is 175 Å². The third kappa shape index (κ3) is 4.01. The van der Waals surface area contributed by atoms with Gasteiger partial charge in [-0.15, -0.1) is 11.3 Å². The van der Waals surface area contributed by atoms with E-state index in [1.165, 1.54) is 11.3 Å². The van der Waals surface area contributed by atoms with Gasteiger partial charge in [-0.1, -0.05) is 30.3 Å². The van der Waals surface area contributed by atoms with Crippen LogP contribution in [0.25, 0.3) is 0 Å². The van der Waals surface area contributed by atoms with Crippen molar-refractivity contribution in [2.45, 2.75) is 70.2 Å². The normalized spacial score (nSPS) is 26.2. The van der Waals surface area contributed by atoms with E-state index in [-0.39, 0.29) is 30.1 Å². The molecule has 29 heavy (non-hydrogen) atoms. The molecule has 0 bridgehead atoms. The second-order valence-corrected chi connectivity index (χ2v) is 9.48. The van der Waals surface area contributed by atoms with E-state index in [4.69, 9.17) is 4.74 Å². The highest BCUT2D eigenvalue weighted by Gasteiger charge is 2.51. The number of nitrogens with zero attached hydrogens (tertiary/aromatic N) is 2. The Bertz CT molecular complexity index is 888. The van der Waals surface area contributed by atoms with Crippen LogP contribution in [0.5, 0.6) is 0 Å². The number of aryl methyl sites for hydroxylation is 1. The summed E-state index contributed by atoms with van der Waals surface area (Å²) in [6.07, 6.45) is 3.12. The van der Waals surface area contributed by atoms with Gasteiger partial charge < -0.3 is 10.1 Å². The molecule has 2 heterocycles. The van der Waals surface area contributed by atoms with Gasteiger partial charge in [0.2, 0.25) is 0 Å². The Morgan fingerprint density at radius 3 is 2.52 bits per heavy atom. The summed E-state index contributed by atoms with van der Waals surface area (Å²) in [7, 11) is 0. The highest BCUT2D eigenvalue weighted by molar-refractivity contribution is 7.09. The molecule has 7 heteroatoms. The average molecular weight is 414 g/mol. The predicted octanol–water partition coefficient (Wildman–Crippen LogP) is 4.46. The monoisotopic (exact) mass is 413 g/mol. The minimum absolute atomic E-state index is 0.106. The van der Waals surface area contributed by atoms with Crippen molar-refractivity contribution in [3.63, 3.8) is 0 Å². The average Bonchev–Trinajstić information content (AvgIpc) is 3.23. The lowest BCUT2D eigenvalue weighted by atomic mass is 9.86. The maximum absolute atomic E-state index is 12.7. The molecule has 1 atom stereocenters. The van der Waals surface area contributed by atoms with Gasteiger partial charge >= 0.3 is 6.09 Å². The third-order valence-electron chi connectivity index (χ3n) is 5.89. The second-order valence-electron chi connectivity index (χ2n) is 8.42. The molecular formula is C22H27N3O3S. The van der Waals surface area contributed by atoms with Crippen molar-refractivity contribution < 1.29 is 14.3 Å². The zero-order valence-electron chi connectivity index (χ0n) is 17.1. The van der Waals surface area contributed by atoms with Crippen LogP contribution in [-0.2, 0) is 4.74 Å². The molecule has 1 aromatic carbocycles. The van der Waals surface area contributed by atoms with E-state index >= 15 is 0 Å². The number of amides is 2. The van der Waals surface area contributed by atoms with Crippen molar-refractivity contribution in [3.05, 3.63) is 52.0 Å². The Morgan fingerprint density at radius 2 is 1.90 bits per heavy atom. The summed E-state index contributed by atoms with van der Waals surface area (Å²) < 4.78 is 5.74. The zero-order valence-corrected chi connectivity index (χ0v) is 17.9. The number of aromatic nitrogens is 1. The molecule has 1 saturated carbocycles. The molecule has 154 valence electrons. The highest BCUT2D eigenvalue weighted by Crippen LogP contribution is 2.44. The van der Waals surface area contributed by atoms with Gasteiger partial charge in [0, 0.05) is 17.5 Å². The van der Waals surface area contributed by atoms with Gasteiger partial charge in [-0.05, 0) is 52.0 Å². The summed E-state index contributed by atoms with van der Waals surface area (Å²) in [6, 6.07) is 10.2. The Kier molecular flexibility index (Phi) is 5.34. The van der Waals surface area contributed by atoms with Crippen molar-refractivity contribution in [2.75, 3.05) is 0 Å². The summed E-state index contributed by atoms with van der Waals surface area (Å²) in [6.45, 7) is 5.85. The molecule has 0 radical (unpaired) electrons. The van der Waals surface area contributed by atoms with Crippen molar-refractivity contribution >= 4 is 23.3 Å². The second kappa shape index (κ2) is 7.78. The molecule has 0 spiro atoms. The van der Waals surface area contributed by atoms with Crippen LogP contribution in [0.15, 0.2) is 35.7 Å². The number of carbonyl (C=O) groups excluding carboxylic acids is 2. The lowest BCUT2D eigenvalue weighted by Crippen LogP contribution is -2.46. The first-order chi connectivity index (χ1) is 13.8. The molecule has 1 N–H and O–H groups in total. The van der Waals surface area contributed by atoms with E-state index in [1.54, 1.807) is 5.38 Å². The van der Waals surface area contributed by atoms with Crippen LogP contribution in [0.2, 0.25) is 0 Å². The number of rotatable bonds is 4. The van der Waals surface area contributed by atoms with Gasteiger partial charge in [-0.25, -0.2) is 9.78 Å². The van der Waals surface area contributed by atoms with Crippen LogP contribution >= 0.6 is 11.3 Å². The lowest BCUT2D eigenvalue weighted by Gasteiger charge is -2.38. The lowest BCUT2D eigenvalue weighted by molar-refractivity contribution is 0.0663. The molecule has 6 nitrogen and oxygen atoms in total. The summed E-state index contributed by atoms with van der Waals surface area (Å²) >= 11 is 1.48. The zero-order chi connectivity index (χ0) is 20.6. The van der Waals surface area contributed by atoms with Crippen LogP contribution in [0.4, 0.5) is 4.79 Å². The number of hydrogen-bond acceptors (Lipinski definition) is 5. The summed E-state index contributed by atoms with van der Waals surface area (Å²) in [4.78, 5) is 31.3. The fourth-order valence-electron chi connectivity index (χ4n) is 4.56. The SMILES string of the molecule is Cc1nc(C(=O)NC2CCC(N3C(=O)OC(C)(C)[C@@H]3c3ccccc3)CC2)cs1. The fourth-order valence-corrected chi connectivity index (χ4v) is 5.15. The first-order valence-electron chi connectivity index (χ1n) is 10.1. The van der Waals surface area contributed by atoms with Crippen molar-refractivity contribution in [1.82, 2.24) is 15.2 Å². The fraction of sp³-hybridized carbons (Fsp3) is 0.500. The van der Waals surface area contributed by atoms with Gasteiger partial charge in [0.1, 0.15) is 11.3 Å². The van der Waals surface area contributed by atoms with E-state index < -0.39 is 5.60 Å². The quantitative estimate of drug-likeness (QED) is 0.803. The standard InChI is InChI=1S/C22H27N3O3S/c1-14-23-18(13-29-14)20(26)24-16-9-11-17(12-10-16)25-19(15-7-5-4-6-8-15)22(2,3)28-21(25)27/h4-8,13,16-17,19H,9-12H2,1-3H3,(H,24,26)/t16?,17?,19-/m0/s1. The molecule has 0 unspecified atom stereocenters. The van der Waals surface area contributed by atoms with Crippen molar-refractivity contribution in [3.8, 4) is 0 Å². The first-order valence-corrected chi connectivity index (χ1v) is 11.0. The number of thiazole rings is 1. The van der Waals surface area contributed by atoms with Crippen LogP contribution in [0.1, 0.15) is 66.6 Å². The van der Waals surface area contributed by atoms with Crippen LogP contribution in [0, 0.1) is 6.92 Å². The summed E-state index contributed by atoms with van der Waals surface area (Å²) in [5.41, 5.74) is 1.01. The molecule has 2 amide bonds. The highest BCUT2D eigenvalue weighted by atomic mass is 32.1. The smallest absolute Gasteiger partial charge is 0.411 e. The predicted molar refractivity (Wildman–Crippen MR) is 112 cm³/mol. The summed E-state index contributed by atoms with van der Waals surface area (Å²) in [5.74, 6) is -0.110. The number of cyclic esters (lactones) is 1. The molecule has 2 aliphatic rings. The van der Waals surface area contributed by atoms with E-state index in [1.807, 2.05) is 43.9 Å². The molecule has 1 aliphatic heterocycles. The van der Waals surface area contributed by atoms with Gasteiger partial charge in [-0.2, -0.15) is 0 Å². The molecule has 1 saturated heterocycles. The maximum atomic E-state index is 12.7. The van der Waals surface area contributed by atoms with Gasteiger partial charge in [0.15, 0.2) is 0 Å². The topological polar surface area (TPSA) is 71.5 Å². The van der Waals surface area contributed by atoms with Gasteiger partial charge in [0.25, 0.3) is 5.91 Å². The Balaban J connectivity index is 1.43. The minimum Gasteiger partial charge on any atom is -0.441 e. The number of benzene rings is 1. The first kappa shape index (κ1) is 19.9. The van der Waals surface area contributed by atoms with Crippen molar-refractivity contribution in [2.24, 2.45) is 0 Å². The maximum Gasteiger partial charge on any atom is 0.411 e. The number of carbonyl (C=O) groups is 2. The van der Waals surface area contributed by atoms with E-state index in [2.05, 4.69) is 22.4 Å². The van der Waals surface area contributed by atoms with Crippen molar-refractivity contribution in [1.29, 1.82) is 0 Å². The Hall–Kier alpha value is -2.41.